The number of amides is 1. The minimum atomic E-state index is -0.309. The highest BCUT2D eigenvalue weighted by atomic mass is 16.7. The Morgan fingerprint density at radius 1 is 1.17 bits per heavy atom. The molecule has 0 radical (unpaired) electrons. The Balaban J connectivity index is 0.000000198. The van der Waals surface area contributed by atoms with Crippen LogP contribution in [0.2, 0.25) is 0 Å². The number of hydrogen-bond acceptors (Lipinski definition) is 4. The maximum atomic E-state index is 10.7. The van der Waals surface area contributed by atoms with E-state index in [0.29, 0.717) is 12.8 Å². The van der Waals surface area contributed by atoms with Gasteiger partial charge in [-0.3, -0.25) is 4.79 Å². The quantitative estimate of drug-likeness (QED) is 0.832. The van der Waals surface area contributed by atoms with Crippen LogP contribution < -0.4 is 15.2 Å². The van der Waals surface area contributed by atoms with Crippen molar-refractivity contribution in [2.75, 3.05) is 13.9 Å². The molecular weight excluding hydrogens is 294 g/mol. The Bertz CT molecular complexity index is 602. The summed E-state index contributed by atoms with van der Waals surface area (Å²) in [5.41, 5.74) is 7.32. The zero-order valence-corrected chi connectivity index (χ0v) is 13.2. The van der Waals surface area contributed by atoms with Crippen LogP contribution in [0.5, 0.6) is 11.5 Å². The van der Waals surface area contributed by atoms with Crippen LogP contribution in [0, 0.1) is 0 Å². The number of primary amides is 1. The van der Waals surface area contributed by atoms with Crippen LogP contribution in [0.4, 0.5) is 0 Å². The lowest BCUT2D eigenvalue weighted by Gasteiger charge is -2.11. The molecule has 0 aromatic heterocycles. The van der Waals surface area contributed by atoms with E-state index < -0.39 is 0 Å². The van der Waals surface area contributed by atoms with Gasteiger partial charge in [0.25, 0.3) is 0 Å². The molecule has 0 aliphatic carbocycles. The highest BCUT2D eigenvalue weighted by Crippen LogP contribution is 2.20. The van der Waals surface area contributed by atoms with Crippen molar-refractivity contribution in [3.05, 3.63) is 59.7 Å². The molecule has 122 valence electrons. The zero-order chi connectivity index (χ0) is 16.5. The Labute approximate surface area is 136 Å². The van der Waals surface area contributed by atoms with Gasteiger partial charge in [0.05, 0.1) is 0 Å². The number of benzene rings is 2. The van der Waals surface area contributed by atoms with Crippen LogP contribution in [0.15, 0.2) is 48.5 Å². The van der Waals surface area contributed by atoms with E-state index in [1.807, 2.05) is 36.4 Å². The lowest BCUT2D eigenvalue weighted by molar-refractivity contribution is -0.117. The zero-order valence-electron chi connectivity index (χ0n) is 13.2. The van der Waals surface area contributed by atoms with Crippen molar-refractivity contribution in [2.24, 2.45) is 5.73 Å². The van der Waals surface area contributed by atoms with E-state index in [1.165, 1.54) is 5.56 Å². The van der Waals surface area contributed by atoms with Crippen molar-refractivity contribution in [3.63, 3.8) is 0 Å². The minimum Gasteiger partial charge on any atom is -0.489 e. The van der Waals surface area contributed by atoms with Crippen LogP contribution in [0.3, 0.4) is 0 Å². The minimum absolute atomic E-state index is 0.202. The van der Waals surface area contributed by atoms with E-state index in [0.717, 1.165) is 23.7 Å². The number of nitrogens with two attached hydrogens (primary N) is 1. The molecule has 0 saturated heterocycles. The first-order valence-electron chi connectivity index (χ1n) is 7.38. The molecule has 2 bridgehead atoms. The second-order valence-corrected chi connectivity index (χ2v) is 5.06. The second kappa shape index (κ2) is 8.80. The molecule has 23 heavy (non-hydrogen) atoms. The fourth-order valence-corrected chi connectivity index (χ4v) is 2.08. The van der Waals surface area contributed by atoms with E-state index in [9.17, 15) is 4.79 Å². The first-order chi connectivity index (χ1) is 11.2. The molecule has 2 aliphatic rings. The van der Waals surface area contributed by atoms with Crippen LogP contribution in [0.1, 0.15) is 17.5 Å². The van der Waals surface area contributed by atoms with E-state index in [1.54, 1.807) is 7.11 Å². The van der Waals surface area contributed by atoms with Crippen molar-refractivity contribution in [1.29, 1.82) is 0 Å². The summed E-state index contributed by atoms with van der Waals surface area (Å²) in [4.78, 5) is 10.7. The molecular formula is C18H21NO4. The largest absolute Gasteiger partial charge is 0.489 e. The number of para-hydroxylation sites is 1. The van der Waals surface area contributed by atoms with E-state index in [4.69, 9.17) is 19.9 Å². The SMILES string of the molecule is COCOc1ccccc1CCC(N)=O.c1cc2ccc1CO2. The molecule has 1 amide bonds. The molecule has 4 rings (SSSR count). The average molecular weight is 315 g/mol. The Hall–Kier alpha value is -2.53. The Morgan fingerprint density at radius 3 is 2.39 bits per heavy atom. The molecule has 2 aromatic rings. The van der Waals surface area contributed by atoms with Crippen molar-refractivity contribution < 1.29 is 19.0 Å². The number of carbonyl (C=O) groups is 1. The summed E-state index contributed by atoms with van der Waals surface area (Å²) in [6.07, 6.45) is 0.919. The Morgan fingerprint density at radius 2 is 1.91 bits per heavy atom. The number of rotatable bonds is 6. The highest BCUT2D eigenvalue weighted by molar-refractivity contribution is 5.74. The Kier molecular flexibility index (Phi) is 6.44. The molecule has 0 fully saturated rings. The molecule has 5 heteroatoms. The summed E-state index contributed by atoms with van der Waals surface area (Å²) >= 11 is 0. The molecule has 2 aliphatic heterocycles. The van der Waals surface area contributed by atoms with Crippen LogP contribution in [0.25, 0.3) is 0 Å². The first kappa shape index (κ1) is 16.8. The summed E-state index contributed by atoms with van der Waals surface area (Å²) in [6.45, 7) is 0.968. The molecule has 0 atom stereocenters. The van der Waals surface area contributed by atoms with Crippen molar-refractivity contribution in [3.8, 4) is 11.5 Å². The third-order valence-corrected chi connectivity index (χ3v) is 3.27. The number of carbonyl (C=O) groups excluding carboxylic acids is 1. The second-order valence-electron chi connectivity index (χ2n) is 5.06. The summed E-state index contributed by atoms with van der Waals surface area (Å²) in [7, 11) is 1.56. The molecule has 2 N–H and O–H groups in total. The summed E-state index contributed by atoms with van der Waals surface area (Å²) < 4.78 is 15.3. The van der Waals surface area contributed by atoms with Gasteiger partial charge in [-0.25, -0.2) is 0 Å². The molecule has 0 unspecified atom stereocenters. The molecule has 5 nitrogen and oxygen atoms in total. The fraction of sp³-hybridized carbons (Fsp3) is 0.278. The highest BCUT2D eigenvalue weighted by Gasteiger charge is 2.04. The molecule has 0 spiro atoms. The summed E-state index contributed by atoms with van der Waals surface area (Å²) in [5, 5.41) is 0. The predicted molar refractivity (Wildman–Crippen MR) is 87.2 cm³/mol. The van der Waals surface area contributed by atoms with Crippen LogP contribution in [-0.4, -0.2) is 19.8 Å². The predicted octanol–water partition coefficient (Wildman–Crippen LogP) is 2.67. The normalized spacial score (nSPS) is 11.2. The van der Waals surface area contributed by atoms with Gasteiger partial charge in [-0.05, 0) is 35.7 Å². The average Bonchev–Trinajstić information content (AvgIpc) is 2.61. The fourth-order valence-electron chi connectivity index (χ4n) is 2.08. The van der Waals surface area contributed by atoms with Gasteiger partial charge in [0, 0.05) is 13.5 Å². The summed E-state index contributed by atoms with van der Waals surface area (Å²) in [5.74, 6) is 1.41. The van der Waals surface area contributed by atoms with Gasteiger partial charge in [0.1, 0.15) is 18.1 Å². The van der Waals surface area contributed by atoms with Gasteiger partial charge in [0.15, 0.2) is 6.79 Å². The van der Waals surface area contributed by atoms with E-state index in [2.05, 4.69) is 12.1 Å². The number of fused-ring (bicyclic) bond motifs is 3. The van der Waals surface area contributed by atoms with Gasteiger partial charge in [-0.1, -0.05) is 30.3 Å². The first-order valence-corrected chi connectivity index (χ1v) is 7.38. The van der Waals surface area contributed by atoms with Crippen LogP contribution in [-0.2, 0) is 22.6 Å². The third-order valence-electron chi connectivity index (χ3n) is 3.27. The maximum absolute atomic E-state index is 10.7. The van der Waals surface area contributed by atoms with Gasteiger partial charge in [-0.2, -0.15) is 0 Å². The van der Waals surface area contributed by atoms with Crippen molar-refractivity contribution in [1.82, 2.24) is 0 Å². The van der Waals surface area contributed by atoms with Gasteiger partial charge in [-0.15, -0.1) is 0 Å². The standard InChI is InChI=1S/C11H15NO3.C7H6O/c1-14-8-15-10-5-3-2-4-9(10)6-7-11(12)13;1-3-7-4-2-6(1)5-8-7/h2-5H,6-8H2,1H3,(H2,12,13);1-4H,5H2. The monoisotopic (exact) mass is 315 g/mol. The topological polar surface area (TPSA) is 70.8 Å². The van der Waals surface area contributed by atoms with Crippen molar-refractivity contribution in [2.45, 2.75) is 19.4 Å². The van der Waals surface area contributed by atoms with Gasteiger partial charge < -0.3 is 19.9 Å². The maximum Gasteiger partial charge on any atom is 0.217 e. The smallest absolute Gasteiger partial charge is 0.217 e. The number of aryl methyl sites for hydroxylation is 1. The van der Waals surface area contributed by atoms with E-state index in [-0.39, 0.29) is 12.7 Å². The number of methoxy groups -OCH3 is 1. The lowest BCUT2D eigenvalue weighted by atomic mass is 10.1. The lowest BCUT2D eigenvalue weighted by Crippen LogP contribution is -2.11. The molecule has 0 saturated carbocycles. The van der Waals surface area contributed by atoms with E-state index >= 15 is 0 Å². The molecule has 2 heterocycles. The van der Waals surface area contributed by atoms with Gasteiger partial charge in [0.2, 0.25) is 5.91 Å². The van der Waals surface area contributed by atoms with Gasteiger partial charge >= 0.3 is 0 Å². The third kappa shape index (κ3) is 5.64. The van der Waals surface area contributed by atoms with Crippen LogP contribution >= 0.6 is 0 Å². The summed E-state index contributed by atoms with van der Waals surface area (Å²) in [6, 6.07) is 15.7. The molecule has 2 aromatic carbocycles. The number of ether oxygens (including phenoxy) is 3. The number of hydrogen-bond donors (Lipinski definition) is 1. The van der Waals surface area contributed by atoms with Crippen molar-refractivity contribution >= 4 is 5.91 Å².